The summed E-state index contributed by atoms with van der Waals surface area (Å²) < 4.78 is 65.6. The SMILES string of the molecule is CCS(=O)(=O)Nc1ccccc1C1=NN(S(C)(=O)=O)C(c2cccc(F)c2)C1. The lowest BCUT2D eigenvalue weighted by atomic mass is 9.98. The predicted octanol–water partition coefficient (Wildman–Crippen LogP) is 2.70. The van der Waals surface area contributed by atoms with E-state index in [0.29, 0.717) is 22.5 Å². The lowest BCUT2D eigenvalue weighted by Crippen LogP contribution is -2.26. The van der Waals surface area contributed by atoms with Gasteiger partial charge >= 0.3 is 0 Å². The number of sulfonamides is 2. The fourth-order valence-corrected chi connectivity index (χ4v) is 4.55. The van der Waals surface area contributed by atoms with E-state index in [0.717, 1.165) is 10.7 Å². The van der Waals surface area contributed by atoms with Gasteiger partial charge in [-0.25, -0.2) is 21.2 Å². The summed E-state index contributed by atoms with van der Waals surface area (Å²) in [4.78, 5) is 0. The average molecular weight is 426 g/mol. The highest BCUT2D eigenvalue weighted by atomic mass is 32.2. The molecule has 1 aliphatic rings. The maximum absolute atomic E-state index is 13.7. The van der Waals surface area contributed by atoms with Crippen molar-refractivity contribution in [2.45, 2.75) is 19.4 Å². The smallest absolute Gasteiger partial charge is 0.247 e. The van der Waals surface area contributed by atoms with Crippen LogP contribution < -0.4 is 4.72 Å². The summed E-state index contributed by atoms with van der Waals surface area (Å²) in [6, 6.07) is 11.6. The Hall–Kier alpha value is -2.46. The van der Waals surface area contributed by atoms with Crippen LogP contribution in [-0.2, 0) is 20.0 Å². The monoisotopic (exact) mass is 425 g/mol. The highest BCUT2D eigenvalue weighted by molar-refractivity contribution is 7.92. The highest BCUT2D eigenvalue weighted by Crippen LogP contribution is 2.36. The molecule has 1 N–H and O–H groups in total. The van der Waals surface area contributed by atoms with Gasteiger partial charge in [-0.1, -0.05) is 30.3 Å². The largest absolute Gasteiger partial charge is 0.283 e. The van der Waals surface area contributed by atoms with E-state index in [1.807, 2.05) is 0 Å². The Labute approximate surface area is 164 Å². The third-order valence-electron chi connectivity index (χ3n) is 4.33. The molecule has 0 aliphatic carbocycles. The number of rotatable bonds is 6. The van der Waals surface area contributed by atoms with Crippen molar-refractivity contribution in [3.63, 3.8) is 0 Å². The Morgan fingerprint density at radius 1 is 1.14 bits per heavy atom. The summed E-state index contributed by atoms with van der Waals surface area (Å²) in [7, 11) is -7.25. The van der Waals surface area contributed by atoms with Crippen LogP contribution in [0, 0.1) is 5.82 Å². The van der Waals surface area contributed by atoms with E-state index in [2.05, 4.69) is 9.82 Å². The fourth-order valence-electron chi connectivity index (χ4n) is 2.98. The summed E-state index contributed by atoms with van der Waals surface area (Å²) in [5, 5.41) is 4.24. The van der Waals surface area contributed by atoms with Crippen LogP contribution in [0.1, 0.15) is 30.5 Å². The van der Waals surface area contributed by atoms with Gasteiger partial charge in [0.25, 0.3) is 0 Å². The molecule has 0 spiro atoms. The van der Waals surface area contributed by atoms with Crippen LogP contribution in [0.3, 0.4) is 0 Å². The van der Waals surface area contributed by atoms with E-state index < -0.39 is 31.9 Å². The molecule has 1 atom stereocenters. The number of nitrogens with one attached hydrogen (secondary N) is 1. The highest BCUT2D eigenvalue weighted by Gasteiger charge is 2.35. The Morgan fingerprint density at radius 3 is 2.50 bits per heavy atom. The third kappa shape index (κ3) is 4.33. The van der Waals surface area contributed by atoms with Gasteiger partial charge in [0.05, 0.1) is 29.4 Å². The number of hydrogen-bond acceptors (Lipinski definition) is 5. The summed E-state index contributed by atoms with van der Waals surface area (Å²) in [5.74, 6) is -0.578. The molecule has 7 nitrogen and oxygen atoms in total. The van der Waals surface area contributed by atoms with Gasteiger partial charge in [0, 0.05) is 12.0 Å². The minimum absolute atomic E-state index is 0.102. The van der Waals surface area contributed by atoms with E-state index in [1.54, 1.807) is 30.3 Å². The first-order valence-corrected chi connectivity index (χ1v) is 12.0. The van der Waals surface area contributed by atoms with E-state index in [9.17, 15) is 21.2 Å². The third-order valence-corrected chi connectivity index (χ3v) is 6.64. The molecular formula is C18H20FN3O4S2. The standard InChI is InChI=1S/C18H20FN3O4S2/c1-3-28(25,26)21-16-10-5-4-9-15(16)17-12-18(22(20-17)27(2,23)24)13-7-6-8-14(19)11-13/h4-11,18,21H,3,12H2,1-2H3. The normalized spacial score (nSPS) is 17.5. The topological polar surface area (TPSA) is 95.9 Å². The maximum Gasteiger partial charge on any atom is 0.247 e. The number of hydrazone groups is 1. The van der Waals surface area contributed by atoms with E-state index in [4.69, 9.17) is 0 Å². The van der Waals surface area contributed by atoms with Crippen molar-refractivity contribution >= 4 is 31.4 Å². The van der Waals surface area contributed by atoms with E-state index in [1.165, 1.54) is 25.1 Å². The van der Waals surface area contributed by atoms with Crippen molar-refractivity contribution in [2.24, 2.45) is 5.10 Å². The molecule has 1 aliphatic heterocycles. The molecule has 0 radical (unpaired) electrons. The molecule has 1 unspecified atom stereocenters. The molecule has 0 fully saturated rings. The molecule has 0 aromatic heterocycles. The van der Waals surface area contributed by atoms with Crippen molar-refractivity contribution in [2.75, 3.05) is 16.7 Å². The van der Waals surface area contributed by atoms with Crippen LogP contribution in [0.2, 0.25) is 0 Å². The molecule has 10 heteroatoms. The number of para-hydroxylation sites is 1. The molecule has 150 valence electrons. The van der Waals surface area contributed by atoms with Crippen molar-refractivity contribution in [3.05, 3.63) is 65.5 Å². The lowest BCUT2D eigenvalue weighted by Gasteiger charge is -2.21. The molecule has 1 heterocycles. The number of anilines is 1. The van der Waals surface area contributed by atoms with Gasteiger partial charge < -0.3 is 0 Å². The molecular weight excluding hydrogens is 405 g/mol. The summed E-state index contributed by atoms with van der Waals surface area (Å²) >= 11 is 0. The summed E-state index contributed by atoms with van der Waals surface area (Å²) in [6.45, 7) is 1.52. The van der Waals surface area contributed by atoms with Gasteiger partial charge in [0.2, 0.25) is 20.0 Å². The van der Waals surface area contributed by atoms with E-state index in [-0.39, 0.29) is 12.2 Å². The Bertz CT molecular complexity index is 1130. The molecule has 0 saturated heterocycles. The van der Waals surface area contributed by atoms with Gasteiger partial charge in [-0.05, 0) is 30.7 Å². The van der Waals surface area contributed by atoms with Gasteiger partial charge in [-0.15, -0.1) is 0 Å². The van der Waals surface area contributed by atoms with Crippen molar-refractivity contribution in [3.8, 4) is 0 Å². The molecule has 3 rings (SSSR count). The number of benzene rings is 2. The zero-order valence-corrected chi connectivity index (χ0v) is 17.0. The first-order chi connectivity index (χ1) is 13.1. The second-order valence-electron chi connectivity index (χ2n) is 6.41. The minimum atomic E-state index is -3.72. The maximum atomic E-state index is 13.7. The molecule has 0 saturated carbocycles. The Kier molecular flexibility index (Phi) is 5.44. The summed E-state index contributed by atoms with van der Waals surface area (Å²) in [6.07, 6.45) is 1.21. The molecule has 0 bridgehead atoms. The molecule has 2 aromatic rings. The zero-order valence-electron chi connectivity index (χ0n) is 15.3. The van der Waals surface area contributed by atoms with Crippen molar-refractivity contribution in [1.82, 2.24) is 4.41 Å². The van der Waals surface area contributed by atoms with Crippen molar-refractivity contribution < 1.29 is 21.2 Å². The van der Waals surface area contributed by atoms with Gasteiger partial charge in [-0.3, -0.25) is 4.72 Å². The molecule has 28 heavy (non-hydrogen) atoms. The van der Waals surface area contributed by atoms with Crippen LogP contribution in [0.15, 0.2) is 53.6 Å². The minimum Gasteiger partial charge on any atom is -0.283 e. The first-order valence-electron chi connectivity index (χ1n) is 8.53. The zero-order chi connectivity index (χ0) is 20.5. The van der Waals surface area contributed by atoms with Crippen LogP contribution in [0.5, 0.6) is 0 Å². The first kappa shape index (κ1) is 20.3. The van der Waals surface area contributed by atoms with Crippen LogP contribution in [0.25, 0.3) is 0 Å². The predicted molar refractivity (Wildman–Crippen MR) is 107 cm³/mol. The van der Waals surface area contributed by atoms with Gasteiger partial charge in [0.1, 0.15) is 5.82 Å². The van der Waals surface area contributed by atoms with E-state index >= 15 is 0 Å². The van der Waals surface area contributed by atoms with Gasteiger partial charge in [0.15, 0.2) is 0 Å². The quantitative estimate of drug-likeness (QED) is 0.770. The van der Waals surface area contributed by atoms with Crippen molar-refractivity contribution in [1.29, 1.82) is 0 Å². The van der Waals surface area contributed by atoms with Crippen LogP contribution in [0.4, 0.5) is 10.1 Å². The van der Waals surface area contributed by atoms with Gasteiger partial charge in [-0.2, -0.15) is 9.52 Å². The second kappa shape index (κ2) is 7.51. The van der Waals surface area contributed by atoms with Crippen LogP contribution in [-0.4, -0.2) is 39.0 Å². The number of hydrogen-bond donors (Lipinski definition) is 1. The second-order valence-corrected chi connectivity index (χ2v) is 10.3. The summed E-state index contributed by atoms with van der Waals surface area (Å²) in [5.41, 5.74) is 1.66. The molecule has 0 amide bonds. The number of nitrogens with zero attached hydrogens (tertiary/aromatic N) is 2. The number of halogens is 1. The average Bonchev–Trinajstić information content (AvgIpc) is 3.07. The lowest BCUT2D eigenvalue weighted by molar-refractivity contribution is 0.373. The Balaban J connectivity index is 2.05. The van der Waals surface area contributed by atoms with Crippen LogP contribution >= 0.6 is 0 Å². The molecule has 2 aromatic carbocycles. The Morgan fingerprint density at radius 2 is 1.86 bits per heavy atom. The fraction of sp³-hybridized carbons (Fsp3) is 0.278.